The third-order valence-electron chi connectivity index (χ3n) is 9.25. The molecule has 7 aromatic carbocycles. The second-order valence-corrected chi connectivity index (χ2v) is 12.1. The quantitative estimate of drug-likeness (QED) is 0.188. The highest BCUT2D eigenvalue weighted by Gasteiger charge is 2.23. The number of hydrogen-bond acceptors (Lipinski definition) is 4. The molecule has 51 heavy (non-hydrogen) atoms. The maximum absolute atomic E-state index is 9.63. The molecule has 0 bridgehead atoms. The molecule has 0 radical (unpaired) electrons. The van der Waals surface area contributed by atoms with Crippen molar-refractivity contribution >= 4 is 65.6 Å². The molecule has 0 spiro atoms. The molecule has 0 aliphatic carbocycles. The first kappa shape index (κ1) is 19.8. The Morgan fingerprint density at radius 2 is 1.00 bits per heavy atom. The second-order valence-electron chi connectivity index (χ2n) is 12.1. The summed E-state index contributed by atoms with van der Waals surface area (Å²) in [5, 5.41) is 1.56. The predicted octanol–water partition coefficient (Wildman–Crippen LogP) is 11.3. The maximum Gasteiger partial charge on any atom is 0.238 e. The first-order chi connectivity index (χ1) is 29.5. The van der Waals surface area contributed by atoms with Crippen molar-refractivity contribution in [3.8, 4) is 34.4 Å². The zero-order valence-electron chi connectivity index (χ0n) is 36.5. The van der Waals surface area contributed by atoms with E-state index < -0.39 is 60.4 Å². The molecule has 0 saturated carbocycles. The van der Waals surface area contributed by atoms with Gasteiger partial charge in [-0.3, -0.25) is 4.57 Å². The first-order valence-corrected chi connectivity index (χ1v) is 16.2. The Balaban J connectivity index is 1.42. The lowest BCUT2D eigenvalue weighted by Gasteiger charge is -2.13. The van der Waals surface area contributed by atoms with E-state index in [1.165, 1.54) is 4.57 Å². The van der Waals surface area contributed by atoms with E-state index in [9.17, 15) is 8.22 Å². The summed E-state index contributed by atoms with van der Waals surface area (Å²) < 4.78 is 101. The van der Waals surface area contributed by atoms with Gasteiger partial charge in [0.25, 0.3) is 0 Å². The maximum atomic E-state index is 9.63. The molecule has 0 N–H and O–H groups in total. The van der Waals surface area contributed by atoms with Crippen molar-refractivity contribution in [3.63, 3.8) is 0 Å². The molecule has 11 aromatic rings. The highest BCUT2D eigenvalue weighted by atomic mass is 16.3. The fourth-order valence-corrected chi connectivity index (χ4v) is 7.02. The molecule has 0 aliphatic rings. The van der Waals surface area contributed by atoms with Gasteiger partial charge in [-0.05, 0) is 30.3 Å². The summed E-state index contributed by atoms with van der Waals surface area (Å²) in [4.78, 5) is 14.8. The molecule has 0 fully saturated rings. The van der Waals surface area contributed by atoms with Crippen molar-refractivity contribution in [1.29, 1.82) is 0 Å². The Morgan fingerprint density at radius 1 is 0.451 bits per heavy atom. The van der Waals surface area contributed by atoms with Crippen LogP contribution in [0.2, 0.25) is 0 Å². The largest absolute Gasteiger partial charge is 0.456 e. The van der Waals surface area contributed by atoms with E-state index in [4.69, 9.17) is 24.9 Å². The molecule has 0 saturated heterocycles. The second kappa shape index (κ2) is 10.7. The fraction of sp³-hybridized carbons (Fsp3) is 0. The monoisotopic (exact) mass is 663 g/mol. The average molecular weight is 664 g/mol. The van der Waals surface area contributed by atoms with Crippen molar-refractivity contribution in [3.05, 3.63) is 164 Å². The lowest BCUT2D eigenvalue weighted by Crippen LogP contribution is -2.07. The van der Waals surface area contributed by atoms with Crippen LogP contribution < -0.4 is 0 Å². The van der Waals surface area contributed by atoms with Crippen LogP contribution in [0, 0.1) is 0 Å². The van der Waals surface area contributed by atoms with E-state index in [-0.39, 0.29) is 61.2 Å². The highest BCUT2D eigenvalue weighted by molar-refractivity contribution is 6.23. The summed E-state index contributed by atoms with van der Waals surface area (Å²) in [6, 6.07) is 26.5. The Hall–Kier alpha value is -7.05. The molecule has 0 amide bonds. The zero-order chi connectivity index (χ0) is 42.2. The van der Waals surface area contributed by atoms with Gasteiger partial charge in [-0.15, -0.1) is 0 Å². The Bertz CT molecular complexity index is 3660. The molecule has 4 aromatic heterocycles. The van der Waals surface area contributed by atoms with Crippen LogP contribution in [-0.2, 0) is 0 Å². The van der Waals surface area contributed by atoms with E-state index >= 15 is 0 Å². The van der Waals surface area contributed by atoms with Gasteiger partial charge in [-0.2, -0.15) is 9.97 Å². The molecule has 0 aliphatic heterocycles. The van der Waals surface area contributed by atoms with Gasteiger partial charge in [0, 0.05) is 49.5 Å². The molecule has 11 rings (SSSR count). The smallest absolute Gasteiger partial charge is 0.238 e. The number of hydrogen-bond donors (Lipinski definition) is 0. The molecule has 0 atom stereocenters. The number of para-hydroxylation sites is 3. The van der Waals surface area contributed by atoms with Crippen molar-refractivity contribution in [1.82, 2.24) is 24.1 Å². The van der Waals surface area contributed by atoms with Crippen molar-refractivity contribution < 1.29 is 18.1 Å². The van der Waals surface area contributed by atoms with E-state index in [1.807, 2.05) is 91.0 Å². The standard InChI is InChI=1S/C45H27N5O/c1-3-13-28(14-4-1)43-46-44(29-15-5-2-6-16-29)48-45(47-43)50-38-21-11-8-18-32(38)36-26-25-35-31-17-7-10-20-37(31)49(41(35)42(36)50)30-23-24-34-33-19-9-12-22-39(33)51-40(34)27-30/h1-27H/i7D,8D,10D,11D,17D,18D,20D,21D,25D,26D. The van der Waals surface area contributed by atoms with Gasteiger partial charge in [0.1, 0.15) is 11.2 Å². The van der Waals surface area contributed by atoms with Crippen LogP contribution in [0.15, 0.2) is 168 Å². The SMILES string of the molecule is [2H]c1c([2H])c([2H])c2c(c1[2H])c1c([2H])c([2H])c3c4c([2H])c([2H])c([2H])c([2H])c4n(-c4nc(-c5ccccc5)nc(-c5ccccc5)n4)c3c1n2-c1ccc2c(c1)oc1ccccc12. The lowest BCUT2D eigenvalue weighted by atomic mass is 10.1. The van der Waals surface area contributed by atoms with Crippen LogP contribution in [0.4, 0.5) is 0 Å². The van der Waals surface area contributed by atoms with Gasteiger partial charge in [0.15, 0.2) is 11.6 Å². The van der Waals surface area contributed by atoms with Crippen molar-refractivity contribution in [2.45, 2.75) is 0 Å². The molecular weight excluding hydrogens is 627 g/mol. The van der Waals surface area contributed by atoms with Gasteiger partial charge in [-0.25, -0.2) is 4.98 Å². The van der Waals surface area contributed by atoms with Crippen molar-refractivity contribution in [2.24, 2.45) is 0 Å². The Kier molecular flexibility index (Phi) is 4.17. The predicted molar refractivity (Wildman–Crippen MR) is 207 cm³/mol. The number of furan rings is 1. The van der Waals surface area contributed by atoms with Crippen LogP contribution >= 0.6 is 0 Å². The molecule has 4 heterocycles. The normalized spacial score (nSPS) is 14.7. The number of nitrogens with zero attached hydrogens (tertiary/aromatic N) is 5. The van der Waals surface area contributed by atoms with Gasteiger partial charge in [0.05, 0.1) is 41.5 Å². The minimum absolute atomic E-state index is 0.00383. The number of benzene rings is 7. The summed E-state index contributed by atoms with van der Waals surface area (Å²) in [5.41, 5.74) is 2.90. The van der Waals surface area contributed by atoms with Gasteiger partial charge >= 0.3 is 0 Å². The summed E-state index contributed by atoms with van der Waals surface area (Å²) >= 11 is 0. The third-order valence-corrected chi connectivity index (χ3v) is 9.25. The highest BCUT2D eigenvalue weighted by Crippen LogP contribution is 2.42. The summed E-state index contributed by atoms with van der Waals surface area (Å²) in [6.45, 7) is 0. The van der Waals surface area contributed by atoms with Crippen LogP contribution in [-0.4, -0.2) is 24.1 Å². The van der Waals surface area contributed by atoms with E-state index in [2.05, 4.69) is 0 Å². The molecular formula is C45H27N5O. The van der Waals surface area contributed by atoms with Crippen LogP contribution in [0.25, 0.3) is 100.0 Å². The number of fused-ring (bicyclic) bond motifs is 10. The molecule has 0 unspecified atom stereocenters. The number of rotatable bonds is 4. The summed E-state index contributed by atoms with van der Waals surface area (Å²) in [6.07, 6.45) is 0. The molecule has 6 heteroatoms. The summed E-state index contributed by atoms with van der Waals surface area (Å²) in [5.74, 6) is 0.422. The van der Waals surface area contributed by atoms with E-state index in [0.717, 1.165) is 10.8 Å². The van der Waals surface area contributed by atoms with Gasteiger partial charge in [0.2, 0.25) is 5.95 Å². The minimum Gasteiger partial charge on any atom is -0.456 e. The minimum atomic E-state index is -0.552. The fourth-order valence-electron chi connectivity index (χ4n) is 7.02. The van der Waals surface area contributed by atoms with E-state index in [1.54, 1.807) is 16.7 Å². The van der Waals surface area contributed by atoms with Crippen LogP contribution in [0.5, 0.6) is 0 Å². The van der Waals surface area contributed by atoms with Gasteiger partial charge < -0.3 is 8.98 Å². The molecule has 238 valence electrons. The molecule has 6 nitrogen and oxygen atoms in total. The third kappa shape index (κ3) is 4.14. The van der Waals surface area contributed by atoms with Crippen molar-refractivity contribution in [2.75, 3.05) is 0 Å². The van der Waals surface area contributed by atoms with E-state index in [0.29, 0.717) is 28.0 Å². The zero-order valence-corrected chi connectivity index (χ0v) is 26.5. The topological polar surface area (TPSA) is 61.7 Å². The van der Waals surface area contributed by atoms with Crippen LogP contribution in [0.1, 0.15) is 13.7 Å². The Morgan fingerprint density at radius 3 is 1.67 bits per heavy atom. The Labute approximate surface area is 305 Å². The number of aromatic nitrogens is 5. The summed E-state index contributed by atoms with van der Waals surface area (Å²) in [7, 11) is 0. The lowest BCUT2D eigenvalue weighted by molar-refractivity contribution is 0.668. The average Bonchev–Trinajstić information content (AvgIpc) is 3.97. The first-order valence-electron chi connectivity index (χ1n) is 21.2. The van der Waals surface area contributed by atoms with Gasteiger partial charge in [-0.1, -0.05) is 127 Å². The van der Waals surface area contributed by atoms with Crippen LogP contribution in [0.3, 0.4) is 0 Å².